The topological polar surface area (TPSA) is 36.1 Å². The molecule has 0 radical (unpaired) electrons. The molecule has 0 spiro atoms. The lowest BCUT2D eigenvalue weighted by Crippen LogP contribution is -2.38. The van der Waals surface area contributed by atoms with E-state index in [1.165, 1.54) is 22.2 Å². The maximum Gasteiger partial charge on any atom is 0.220 e. The summed E-state index contributed by atoms with van der Waals surface area (Å²) in [6.07, 6.45) is 2.77. The van der Waals surface area contributed by atoms with Crippen LogP contribution in [0.5, 0.6) is 0 Å². The molecule has 1 aromatic heterocycles. The fourth-order valence-electron chi connectivity index (χ4n) is 3.27. The maximum atomic E-state index is 11.9. The molecular formula is C16H19ClN2O. The molecule has 1 amide bonds. The van der Waals surface area contributed by atoms with Gasteiger partial charge in [0.25, 0.3) is 0 Å². The largest absolute Gasteiger partial charge is 0.356 e. The van der Waals surface area contributed by atoms with Crippen molar-refractivity contribution in [3.63, 3.8) is 0 Å². The van der Waals surface area contributed by atoms with Gasteiger partial charge in [-0.1, -0.05) is 18.2 Å². The lowest BCUT2D eigenvalue weighted by molar-refractivity contribution is -0.132. The molecule has 1 aromatic carbocycles. The number of nitrogens with one attached hydrogen (secondary N) is 1. The van der Waals surface area contributed by atoms with Gasteiger partial charge in [-0.05, 0) is 30.9 Å². The third-order valence-corrected chi connectivity index (χ3v) is 4.44. The fourth-order valence-corrected chi connectivity index (χ4v) is 3.42. The van der Waals surface area contributed by atoms with E-state index in [0.717, 1.165) is 25.8 Å². The van der Waals surface area contributed by atoms with E-state index in [9.17, 15) is 4.79 Å². The highest BCUT2D eigenvalue weighted by molar-refractivity contribution is 6.17. The Labute approximate surface area is 123 Å². The van der Waals surface area contributed by atoms with Gasteiger partial charge in [0.05, 0.1) is 6.04 Å². The van der Waals surface area contributed by atoms with E-state index in [1.54, 1.807) is 6.92 Å². The van der Waals surface area contributed by atoms with Gasteiger partial charge in [-0.3, -0.25) is 4.79 Å². The molecule has 1 aliphatic heterocycles. The Morgan fingerprint density at radius 2 is 2.25 bits per heavy atom. The van der Waals surface area contributed by atoms with E-state index < -0.39 is 0 Å². The maximum absolute atomic E-state index is 11.9. The number of aromatic amines is 1. The number of rotatable bonds is 3. The van der Waals surface area contributed by atoms with Crippen molar-refractivity contribution in [2.45, 2.75) is 32.2 Å². The highest BCUT2D eigenvalue weighted by atomic mass is 35.5. The minimum atomic E-state index is 0.141. The summed E-state index contributed by atoms with van der Waals surface area (Å²) in [4.78, 5) is 17.4. The number of carbonyl (C=O) groups excluding carboxylic acids is 1. The van der Waals surface area contributed by atoms with Gasteiger partial charge in [0.1, 0.15) is 0 Å². The van der Waals surface area contributed by atoms with Crippen molar-refractivity contribution in [3.8, 4) is 0 Å². The second kappa shape index (κ2) is 5.49. The molecule has 3 rings (SSSR count). The minimum absolute atomic E-state index is 0.141. The van der Waals surface area contributed by atoms with Crippen molar-refractivity contribution in [3.05, 3.63) is 35.5 Å². The molecule has 4 heteroatoms. The highest BCUT2D eigenvalue weighted by Crippen LogP contribution is 2.36. The summed E-state index contributed by atoms with van der Waals surface area (Å²) >= 11 is 5.84. The van der Waals surface area contributed by atoms with Gasteiger partial charge in [0.15, 0.2) is 0 Å². The fraction of sp³-hybridized carbons (Fsp3) is 0.438. The van der Waals surface area contributed by atoms with Gasteiger partial charge >= 0.3 is 0 Å². The molecule has 1 aliphatic rings. The molecule has 2 aromatic rings. The van der Waals surface area contributed by atoms with Crippen LogP contribution < -0.4 is 0 Å². The average molecular weight is 291 g/mol. The molecule has 3 nitrogen and oxygen atoms in total. The van der Waals surface area contributed by atoms with Crippen LogP contribution in [0.4, 0.5) is 0 Å². The van der Waals surface area contributed by atoms with Gasteiger partial charge < -0.3 is 9.88 Å². The van der Waals surface area contributed by atoms with Crippen LogP contribution in [0.25, 0.3) is 10.9 Å². The van der Waals surface area contributed by atoms with Crippen molar-refractivity contribution >= 4 is 28.4 Å². The number of amides is 1. The summed E-state index contributed by atoms with van der Waals surface area (Å²) in [6.45, 7) is 2.46. The molecule has 0 saturated carbocycles. The second-order valence-corrected chi connectivity index (χ2v) is 5.75. The number of benzene rings is 1. The van der Waals surface area contributed by atoms with E-state index >= 15 is 0 Å². The van der Waals surface area contributed by atoms with Crippen LogP contribution in [0.1, 0.15) is 37.1 Å². The summed E-state index contributed by atoms with van der Waals surface area (Å²) in [5.74, 6) is 0.784. The Kier molecular flexibility index (Phi) is 3.70. The van der Waals surface area contributed by atoms with Crippen molar-refractivity contribution in [1.82, 2.24) is 9.88 Å². The Hall–Kier alpha value is -1.48. The number of hydrogen-bond donors (Lipinski definition) is 1. The molecule has 0 saturated heterocycles. The first-order valence-corrected chi connectivity index (χ1v) is 7.68. The van der Waals surface area contributed by atoms with Crippen LogP contribution in [0.15, 0.2) is 24.3 Å². The van der Waals surface area contributed by atoms with Gasteiger partial charge in [-0.2, -0.15) is 0 Å². The Morgan fingerprint density at radius 1 is 1.45 bits per heavy atom. The first-order valence-electron chi connectivity index (χ1n) is 7.15. The number of alkyl halides is 1. The SMILES string of the molecule is CC(=O)N1CCc2c([nH]c3ccccc23)C1CCCCl. The lowest BCUT2D eigenvalue weighted by Gasteiger charge is -2.35. The molecule has 20 heavy (non-hydrogen) atoms. The Balaban J connectivity index is 2.06. The quantitative estimate of drug-likeness (QED) is 0.861. The highest BCUT2D eigenvalue weighted by Gasteiger charge is 2.31. The van der Waals surface area contributed by atoms with Crippen molar-refractivity contribution < 1.29 is 4.79 Å². The number of H-pyrrole nitrogens is 1. The van der Waals surface area contributed by atoms with Crippen LogP contribution in [-0.2, 0) is 11.2 Å². The van der Waals surface area contributed by atoms with Crippen LogP contribution in [0, 0.1) is 0 Å². The molecule has 0 bridgehead atoms. The van der Waals surface area contributed by atoms with Crippen LogP contribution in [0.2, 0.25) is 0 Å². The van der Waals surface area contributed by atoms with Gasteiger partial charge in [0.2, 0.25) is 5.91 Å². The summed E-state index contributed by atoms with van der Waals surface area (Å²) in [5, 5.41) is 1.29. The molecular weight excluding hydrogens is 272 g/mol. The molecule has 1 atom stereocenters. The number of halogens is 1. The smallest absolute Gasteiger partial charge is 0.220 e. The molecule has 2 heterocycles. The number of para-hydroxylation sites is 1. The zero-order valence-corrected chi connectivity index (χ0v) is 12.4. The van der Waals surface area contributed by atoms with E-state index in [2.05, 4.69) is 23.2 Å². The Bertz CT molecular complexity index is 634. The van der Waals surface area contributed by atoms with E-state index in [1.807, 2.05) is 11.0 Å². The van der Waals surface area contributed by atoms with Crippen LogP contribution in [0.3, 0.4) is 0 Å². The second-order valence-electron chi connectivity index (χ2n) is 5.37. The molecule has 106 valence electrons. The van der Waals surface area contributed by atoms with Crippen molar-refractivity contribution in [2.24, 2.45) is 0 Å². The third kappa shape index (κ3) is 2.20. The summed E-state index contributed by atoms with van der Waals surface area (Å²) in [7, 11) is 0. The number of hydrogen-bond acceptors (Lipinski definition) is 1. The van der Waals surface area contributed by atoms with Gasteiger partial charge in [0, 0.05) is 35.9 Å². The third-order valence-electron chi connectivity index (χ3n) is 4.17. The minimum Gasteiger partial charge on any atom is -0.356 e. The first kappa shape index (κ1) is 13.5. The number of nitrogens with zero attached hydrogens (tertiary/aromatic N) is 1. The van der Waals surface area contributed by atoms with Crippen molar-refractivity contribution in [1.29, 1.82) is 0 Å². The van der Waals surface area contributed by atoms with Crippen LogP contribution in [-0.4, -0.2) is 28.2 Å². The predicted octanol–water partition coefficient (Wildman–Crippen LogP) is 3.63. The molecule has 0 aliphatic carbocycles. The summed E-state index contributed by atoms with van der Waals surface area (Å²) < 4.78 is 0. The van der Waals surface area contributed by atoms with Crippen molar-refractivity contribution in [2.75, 3.05) is 12.4 Å². The zero-order valence-electron chi connectivity index (χ0n) is 11.7. The van der Waals surface area contributed by atoms with E-state index in [0.29, 0.717) is 5.88 Å². The van der Waals surface area contributed by atoms with E-state index in [-0.39, 0.29) is 11.9 Å². The normalized spacial score (nSPS) is 18.3. The van der Waals surface area contributed by atoms with Crippen LogP contribution >= 0.6 is 11.6 Å². The molecule has 1 unspecified atom stereocenters. The number of carbonyl (C=O) groups is 1. The standard InChI is InChI=1S/C16H19ClN2O/c1-11(20)19-10-8-13-12-5-2-3-6-14(12)18-16(13)15(19)7-4-9-17/h2-3,5-6,15,18H,4,7-10H2,1H3. The van der Waals surface area contributed by atoms with Gasteiger partial charge in [-0.25, -0.2) is 0 Å². The average Bonchev–Trinajstić information content (AvgIpc) is 2.83. The Morgan fingerprint density at radius 3 is 3.00 bits per heavy atom. The predicted molar refractivity (Wildman–Crippen MR) is 82.1 cm³/mol. The number of aromatic nitrogens is 1. The zero-order chi connectivity index (χ0) is 14.1. The first-order chi connectivity index (χ1) is 9.72. The molecule has 0 fully saturated rings. The van der Waals surface area contributed by atoms with E-state index in [4.69, 9.17) is 11.6 Å². The summed E-state index contributed by atoms with van der Waals surface area (Å²) in [6, 6.07) is 8.52. The molecule has 1 N–H and O–H groups in total. The summed E-state index contributed by atoms with van der Waals surface area (Å²) in [5.41, 5.74) is 3.74. The monoisotopic (exact) mass is 290 g/mol. The van der Waals surface area contributed by atoms with Gasteiger partial charge in [-0.15, -0.1) is 11.6 Å². The number of fused-ring (bicyclic) bond motifs is 3. The lowest BCUT2D eigenvalue weighted by atomic mass is 9.94.